The fraction of sp³-hybridized carbons (Fsp3) is 0.429. The largest absolute Gasteiger partial charge is 0.391 e. The molecule has 0 bridgehead atoms. The molecule has 0 aromatic heterocycles. The average molecular weight is 466 g/mol. The Hall–Kier alpha value is -1.82. The van der Waals surface area contributed by atoms with Crippen molar-refractivity contribution < 1.29 is 21.9 Å². The quantitative estimate of drug-likeness (QED) is 0.649. The summed E-state index contributed by atoms with van der Waals surface area (Å²) in [5.41, 5.74) is 9.53. The van der Waals surface area contributed by atoms with Crippen molar-refractivity contribution in [1.29, 1.82) is 0 Å². The maximum atomic E-state index is 13.4. The van der Waals surface area contributed by atoms with Gasteiger partial charge in [-0.15, -0.1) is 0 Å². The predicted molar refractivity (Wildman–Crippen MR) is 118 cm³/mol. The van der Waals surface area contributed by atoms with E-state index in [4.69, 9.17) is 5.73 Å². The number of hydrogen-bond acceptors (Lipinski definition) is 6. The highest BCUT2D eigenvalue weighted by atomic mass is 32.2. The van der Waals surface area contributed by atoms with Gasteiger partial charge in [0.1, 0.15) is 5.88 Å². The number of sulfonamides is 2. The lowest BCUT2D eigenvalue weighted by molar-refractivity contribution is 0.112. The van der Waals surface area contributed by atoms with Crippen LogP contribution in [0.2, 0.25) is 0 Å². The lowest BCUT2D eigenvalue weighted by Gasteiger charge is -2.33. The predicted octanol–water partition coefficient (Wildman–Crippen LogP) is 0.750. The maximum absolute atomic E-state index is 13.4. The van der Waals surface area contributed by atoms with Gasteiger partial charge in [0.05, 0.1) is 24.4 Å². The first kappa shape index (κ1) is 22.4. The van der Waals surface area contributed by atoms with Gasteiger partial charge >= 0.3 is 0 Å². The van der Waals surface area contributed by atoms with Gasteiger partial charge < -0.3 is 10.8 Å². The van der Waals surface area contributed by atoms with E-state index in [1.54, 1.807) is 24.3 Å². The van der Waals surface area contributed by atoms with Crippen LogP contribution in [-0.2, 0) is 32.9 Å². The molecule has 10 heteroatoms. The number of fused-ring (bicyclic) bond motifs is 2. The highest BCUT2D eigenvalue weighted by Crippen LogP contribution is 2.39. The average Bonchev–Trinajstić information content (AvgIpc) is 3.19. The first-order chi connectivity index (χ1) is 14.5. The molecule has 2 aromatic rings. The third-order valence-corrected chi connectivity index (χ3v) is 9.34. The Bertz CT molecular complexity index is 1200. The first-order valence-corrected chi connectivity index (χ1v) is 13.5. The van der Waals surface area contributed by atoms with Crippen LogP contribution in [0.25, 0.3) is 0 Å². The van der Waals surface area contributed by atoms with Crippen LogP contribution in [-0.4, -0.2) is 61.9 Å². The number of hydrogen-bond donors (Lipinski definition) is 2. The number of nitrogens with two attached hydrogens (primary N) is 1. The number of benzene rings is 2. The molecule has 4 atom stereocenters. The van der Waals surface area contributed by atoms with Crippen LogP contribution in [0.1, 0.15) is 34.3 Å². The van der Waals surface area contributed by atoms with Crippen molar-refractivity contribution in [2.24, 2.45) is 5.73 Å². The van der Waals surface area contributed by atoms with Crippen LogP contribution >= 0.6 is 0 Å². The Labute approximate surface area is 183 Å². The van der Waals surface area contributed by atoms with Gasteiger partial charge in [0.15, 0.2) is 0 Å². The highest BCUT2D eigenvalue weighted by Gasteiger charge is 2.44. The molecule has 0 spiro atoms. The van der Waals surface area contributed by atoms with Gasteiger partial charge in [-0.2, -0.15) is 8.61 Å². The standard InChI is InChI=1S/C21H27N3O5S2/c1-23(21-17-10-6-4-8-15(17)12-19(21)25)31(28,29)13-24(30(2,26)27)20-16-9-5-3-7-14(16)11-18(20)22/h3-10,18-21,25H,11-13,22H2,1-2H3/t18-,19-,20-,21-/m1/s1. The topological polar surface area (TPSA) is 121 Å². The second-order valence-corrected chi connectivity index (χ2v) is 12.3. The van der Waals surface area contributed by atoms with Crippen molar-refractivity contribution >= 4 is 20.0 Å². The van der Waals surface area contributed by atoms with E-state index >= 15 is 0 Å². The lowest BCUT2D eigenvalue weighted by atomic mass is 10.1. The van der Waals surface area contributed by atoms with Crippen molar-refractivity contribution in [2.45, 2.75) is 37.1 Å². The number of nitrogens with zero attached hydrogens (tertiary/aromatic N) is 2. The summed E-state index contributed by atoms with van der Waals surface area (Å²) in [6, 6.07) is 12.5. The van der Waals surface area contributed by atoms with Crippen molar-refractivity contribution in [1.82, 2.24) is 8.61 Å². The van der Waals surface area contributed by atoms with Crippen LogP contribution in [0.15, 0.2) is 48.5 Å². The Balaban J connectivity index is 1.68. The molecule has 2 aromatic carbocycles. The third kappa shape index (κ3) is 4.04. The molecular weight excluding hydrogens is 438 g/mol. The Morgan fingerprint density at radius 2 is 1.45 bits per heavy atom. The van der Waals surface area contributed by atoms with E-state index in [9.17, 15) is 21.9 Å². The molecule has 168 valence electrons. The molecule has 8 nitrogen and oxygen atoms in total. The van der Waals surface area contributed by atoms with E-state index in [2.05, 4.69) is 0 Å². The zero-order valence-electron chi connectivity index (χ0n) is 17.4. The van der Waals surface area contributed by atoms with Gasteiger partial charge in [-0.05, 0) is 28.7 Å². The van der Waals surface area contributed by atoms with Crippen molar-refractivity contribution in [3.63, 3.8) is 0 Å². The molecule has 0 aliphatic heterocycles. The van der Waals surface area contributed by atoms with Crippen molar-refractivity contribution in [3.05, 3.63) is 70.8 Å². The van der Waals surface area contributed by atoms with Gasteiger partial charge in [-0.3, -0.25) is 0 Å². The molecule has 2 aliphatic rings. The van der Waals surface area contributed by atoms with Crippen LogP contribution in [0.5, 0.6) is 0 Å². The summed E-state index contributed by atoms with van der Waals surface area (Å²) in [5, 5.41) is 10.6. The second kappa shape index (κ2) is 7.95. The number of likely N-dealkylation sites (N-methyl/N-ethyl adjacent to an activating group) is 1. The smallest absolute Gasteiger partial charge is 0.228 e. The van der Waals surface area contributed by atoms with Gasteiger partial charge in [-0.25, -0.2) is 16.8 Å². The van der Waals surface area contributed by atoms with Crippen molar-refractivity contribution in [3.8, 4) is 0 Å². The fourth-order valence-corrected chi connectivity index (χ4v) is 7.88. The Kier molecular flexibility index (Phi) is 5.74. The van der Waals surface area contributed by atoms with Crippen LogP contribution in [0, 0.1) is 0 Å². The minimum absolute atomic E-state index is 0.345. The van der Waals surface area contributed by atoms with E-state index in [1.807, 2.05) is 24.3 Å². The molecule has 0 unspecified atom stereocenters. The molecule has 31 heavy (non-hydrogen) atoms. The van der Waals surface area contributed by atoms with Gasteiger partial charge in [0, 0.05) is 19.5 Å². The maximum Gasteiger partial charge on any atom is 0.228 e. The summed E-state index contributed by atoms with van der Waals surface area (Å²) < 4.78 is 54.2. The molecule has 3 N–H and O–H groups in total. The molecule has 0 radical (unpaired) electrons. The minimum atomic E-state index is -4.10. The first-order valence-electron chi connectivity index (χ1n) is 10.0. The van der Waals surface area contributed by atoms with E-state index in [0.717, 1.165) is 37.1 Å². The van der Waals surface area contributed by atoms with Gasteiger partial charge in [0.25, 0.3) is 0 Å². The van der Waals surface area contributed by atoms with E-state index < -0.39 is 50.2 Å². The third-order valence-electron chi connectivity index (χ3n) is 6.26. The lowest BCUT2D eigenvalue weighted by Crippen LogP contribution is -2.48. The summed E-state index contributed by atoms with van der Waals surface area (Å²) in [6.45, 7) is 0. The minimum Gasteiger partial charge on any atom is -0.391 e. The van der Waals surface area contributed by atoms with E-state index in [1.165, 1.54) is 7.05 Å². The number of aliphatic hydroxyl groups excluding tert-OH is 1. The number of rotatable bonds is 6. The summed E-state index contributed by atoms with van der Waals surface area (Å²) in [5.74, 6) is -0.750. The summed E-state index contributed by atoms with van der Waals surface area (Å²) in [4.78, 5) is 0. The molecule has 4 rings (SSSR count). The molecule has 2 aliphatic carbocycles. The molecule has 0 fully saturated rings. The molecule has 0 saturated heterocycles. The Morgan fingerprint density at radius 3 is 2.03 bits per heavy atom. The monoisotopic (exact) mass is 465 g/mol. The molecule has 0 saturated carbocycles. The SMILES string of the molecule is CN([C@@H]1c2ccccc2C[C@H]1O)S(=O)(=O)CN([C@@H]1c2ccccc2C[C@H]1N)S(C)(=O)=O. The summed E-state index contributed by atoms with van der Waals surface area (Å²) in [7, 11) is -6.62. The normalized spacial score (nSPS) is 25.7. The molecule has 0 amide bonds. The number of aliphatic hydroxyl groups is 1. The molecular formula is C21H27N3O5S2. The molecule has 0 heterocycles. The van der Waals surface area contributed by atoms with E-state index in [0.29, 0.717) is 12.8 Å². The fourth-order valence-electron chi connectivity index (χ4n) is 4.77. The van der Waals surface area contributed by atoms with Gasteiger partial charge in [-0.1, -0.05) is 48.5 Å². The van der Waals surface area contributed by atoms with Crippen LogP contribution in [0.4, 0.5) is 0 Å². The van der Waals surface area contributed by atoms with Crippen LogP contribution < -0.4 is 5.73 Å². The van der Waals surface area contributed by atoms with Crippen molar-refractivity contribution in [2.75, 3.05) is 19.2 Å². The summed E-state index contributed by atoms with van der Waals surface area (Å²) >= 11 is 0. The van der Waals surface area contributed by atoms with E-state index in [-0.39, 0.29) is 0 Å². The second-order valence-electron chi connectivity index (χ2n) is 8.33. The van der Waals surface area contributed by atoms with Gasteiger partial charge in [0.2, 0.25) is 20.0 Å². The zero-order chi connectivity index (χ0) is 22.6. The van der Waals surface area contributed by atoms with Crippen LogP contribution in [0.3, 0.4) is 0 Å². The zero-order valence-corrected chi connectivity index (χ0v) is 19.1. The Morgan fingerprint density at radius 1 is 0.935 bits per heavy atom. The summed E-state index contributed by atoms with van der Waals surface area (Å²) in [6.07, 6.45) is 0.906. The highest BCUT2D eigenvalue weighted by molar-refractivity contribution is 7.92.